The van der Waals surface area contributed by atoms with Crippen molar-refractivity contribution in [3.63, 3.8) is 0 Å². The number of thiophene rings is 6. The van der Waals surface area contributed by atoms with E-state index in [9.17, 15) is 0 Å². The lowest BCUT2D eigenvalue weighted by molar-refractivity contribution is -0.254. The molecule has 0 radical (unpaired) electrons. The van der Waals surface area contributed by atoms with Gasteiger partial charge in [0.2, 0.25) is 0 Å². The molecular formula is C49H54F6O6S6. The minimum atomic E-state index is -5.75. The van der Waals surface area contributed by atoms with Crippen molar-refractivity contribution in [3.8, 4) is 39.0 Å². The van der Waals surface area contributed by atoms with Gasteiger partial charge < -0.3 is 28.4 Å². The highest BCUT2D eigenvalue weighted by Crippen LogP contribution is 2.68. The van der Waals surface area contributed by atoms with Crippen molar-refractivity contribution in [2.75, 3.05) is 80.3 Å². The molecule has 6 heterocycles. The summed E-state index contributed by atoms with van der Waals surface area (Å²) in [7, 11) is 3.19. The Balaban J connectivity index is 1.36. The summed E-state index contributed by atoms with van der Waals surface area (Å²) in [5.74, 6) is -16.3. The highest BCUT2D eigenvalue weighted by molar-refractivity contribution is 7.27. The Hall–Kier alpha value is -2.72. The molecule has 1 aliphatic carbocycles. The van der Waals surface area contributed by atoms with Gasteiger partial charge in [-0.25, -0.2) is 0 Å². The van der Waals surface area contributed by atoms with Gasteiger partial charge in [0, 0.05) is 85.3 Å². The molecule has 0 amide bonds. The molecule has 0 N–H and O–H groups in total. The lowest BCUT2D eigenvalue weighted by Crippen LogP contribution is -2.48. The molecule has 7 rings (SSSR count). The number of methoxy groups -OCH3 is 2. The van der Waals surface area contributed by atoms with Crippen molar-refractivity contribution in [2.24, 2.45) is 0 Å². The summed E-state index contributed by atoms with van der Waals surface area (Å²) in [6.07, 6.45) is 0.968. The molecule has 0 atom stereocenters. The maximum absolute atomic E-state index is 17.0. The van der Waals surface area contributed by atoms with Crippen molar-refractivity contribution < 1.29 is 54.8 Å². The molecule has 0 unspecified atom stereocenters. The second-order valence-corrected chi connectivity index (χ2v) is 23.3. The highest BCUT2D eigenvalue weighted by Gasteiger charge is 2.80. The predicted octanol–water partition coefficient (Wildman–Crippen LogP) is 14.8. The van der Waals surface area contributed by atoms with Crippen LogP contribution in [-0.4, -0.2) is 98.1 Å². The van der Waals surface area contributed by atoms with Gasteiger partial charge in [0.05, 0.1) is 75.8 Å². The van der Waals surface area contributed by atoms with Gasteiger partial charge in [-0.2, -0.15) is 26.3 Å². The molecule has 0 bridgehead atoms. The number of hydrogen-bond acceptors (Lipinski definition) is 12. The van der Waals surface area contributed by atoms with E-state index in [4.69, 9.17) is 28.4 Å². The van der Waals surface area contributed by atoms with Crippen LogP contribution in [0.1, 0.15) is 52.9 Å². The minimum absolute atomic E-state index is 0.228. The first-order valence-corrected chi connectivity index (χ1v) is 26.6. The van der Waals surface area contributed by atoms with E-state index in [-0.39, 0.29) is 20.9 Å². The predicted molar refractivity (Wildman–Crippen MR) is 266 cm³/mol. The van der Waals surface area contributed by atoms with Gasteiger partial charge in [-0.05, 0) is 113 Å². The van der Waals surface area contributed by atoms with Crippen LogP contribution in [0.5, 0.6) is 0 Å². The zero-order valence-electron chi connectivity index (χ0n) is 38.6. The van der Waals surface area contributed by atoms with Gasteiger partial charge in [0.25, 0.3) is 0 Å². The van der Waals surface area contributed by atoms with Crippen LogP contribution < -0.4 is 0 Å². The molecule has 67 heavy (non-hydrogen) atoms. The van der Waals surface area contributed by atoms with E-state index < -0.39 is 28.9 Å². The molecule has 0 fully saturated rings. The van der Waals surface area contributed by atoms with E-state index in [0.29, 0.717) is 98.4 Å². The quantitative estimate of drug-likeness (QED) is 0.0445. The second-order valence-electron chi connectivity index (χ2n) is 16.2. The van der Waals surface area contributed by atoms with Gasteiger partial charge in [-0.15, -0.1) is 68.0 Å². The summed E-state index contributed by atoms with van der Waals surface area (Å²) in [6.45, 7) is 15.5. The molecule has 364 valence electrons. The second kappa shape index (κ2) is 22.1. The van der Waals surface area contributed by atoms with Gasteiger partial charge in [-0.1, -0.05) is 0 Å². The number of allylic oxidation sites excluding steroid dienone is 2. The first kappa shape index (κ1) is 52.1. The number of hydrogen-bond donors (Lipinski definition) is 0. The van der Waals surface area contributed by atoms with Gasteiger partial charge in [-0.3, -0.25) is 0 Å². The van der Waals surface area contributed by atoms with Crippen molar-refractivity contribution in [1.29, 1.82) is 0 Å². The fraction of sp³-hybridized carbons (Fsp3) is 0.469. The zero-order chi connectivity index (χ0) is 48.3. The monoisotopic (exact) mass is 1040 g/mol. The molecule has 6 aromatic rings. The largest absolute Gasteiger partial charge is 0.382 e. The average molecular weight is 1050 g/mol. The van der Waals surface area contributed by atoms with E-state index in [1.807, 2.05) is 65.8 Å². The third-order valence-electron chi connectivity index (χ3n) is 11.6. The zero-order valence-corrected chi connectivity index (χ0v) is 43.5. The van der Waals surface area contributed by atoms with Crippen LogP contribution in [0.15, 0.2) is 36.4 Å². The summed E-state index contributed by atoms with van der Waals surface area (Å²) in [5, 5.41) is 0. The summed E-state index contributed by atoms with van der Waals surface area (Å²) in [6, 6.07) is 10.4. The number of alkyl halides is 6. The van der Waals surface area contributed by atoms with Gasteiger partial charge in [0.15, 0.2) is 0 Å². The first-order chi connectivity index (χ1) is 31.9. The van der Waals surface area contributed by atoms with Crippen molar-refractivity contribution in [2.45, 2.75) is 72.2 Å². The van der Waals surface area contributed by atoms with Crippen LogP contribution in [0, 0.1) is 41.5 Å². The fourth-order valence-electron chi connectivity index (χ4n) is 7.64. The first-order valence-electron chi connectivity index (χ1n) is 21.7. The molecular weight excluding hydrogens is 991 g/mol. The van der Waals surface area contributed by atoms with Gasteiger partial charge in [0.1, 0.15) is 0 Å². The average Bonchev–Trinajstić information content (AvgIpc) is 4.15. The highest BCUT2D eigenvalue weighted by atomic mass is 32.1. The van der Waals surface area contributed by atoms with Crippen LogP contribution in [0.4, 0.5) is 26.3 Å². The smallest absolute Gasteiger partial charge is 0.380 e. The molecule has 1 aliphatic rings. The standard InChI is InChI=1S/C49H54F6O6S6/c1-27-21-37(62-29(27)3)39-25-35(45(66-39)41-23-33(31(5)64-41)9-11-58-17-19-60-15-13-56-7)43-44(48(52,53)49(54,55)47(43,50)51)36-26-40(38-22-28(2)30(4)63-38)67-46(36)42-24-34(32(6)65-42)10-12-59-18-20-61-16-14-57-8/h21-26H,9-20H2,1-8H3. The van der Waals surface area contributed by atoms with Crippen molar-refractivity contribution in [3.05, 3.63) is 89.3 Å². The van der Waals surface area contributed by atoms with Crippen LogP contribution in [0.25, 0.3) is 50.2 Å². The van der Waals surface area contributed by atoms with Crippen LogP contribution in [0.3, 0.4) is 0 Å². The molecule has 6 nitrogen and oxygen atoms in total. The van der Waals surface area contributed by atoms with E-state index >= 15 is 26.3 Å². The maximum Gasteiger partial charge on any atom is 0.380 e. The Morgan fingerprint density at radius 2 is 0.716 bits per heavy atom. The summed E-state index contributed by atoms with van der Waals surface area (Å²) >= 11 is 7.81. The van der Waals surface area contributed by atoms with E-state index in [1.165, 1.54) is 57.5 Å². The Kier molecular flexibility index (Phi) is 17.2. The molecule has 0 saturated heterocycles. The Morgan fingerprint density at radius 3 is 1.06 bits per heavy atom. The molecule has 0 aromatic carbocycles. The van der Waals surface area contributed by atoms with Crippen molar-refractivity contribution >= 4 is 79.2 Å². The number of ether oxygens (including phenoxy) is 6. The number of halogens is 6. The van der Waals surface area contributed by atoms with E-state index in [2.05, 4.69) is 0 Å². The van der Waals surface area contributed by atoms with Crippen LogP contribution in [0.2, 0.25) is 0 Å². The third-order valence-corrected chi connectivity index (χ3v) is 19.1. The minimum Gasteiger partial charge on any atom is -0.382 e. The SMILES string of the molecule is COCCOCCOCCc1cc(-c2sc(-c3cc(C)c(C)s3)cc2C2=C(c3cc(-c4cc(C)c(C)s4)sc3-c3cc(CCOCCOCCOC)c(C)s3)C(F)(F)C(F)(F)C2(F)F)sc1C. The lowest BCUT2D eigenvalue weighted by atomic mass is 9.94. The third kappa shape index (κ3) is 11.0. The van der Waals surface area contributed by atoms with E-state index in [0.717, 1.165) is 74.2 Å². The fourth-order valence-corrected chi connectivity index (χ4v) is 14.6. The number of rotatable bonds is 24. The van der Waals surface area contributed by atoms with Crippen LogP contribution in [-0.2, 0) is 41.3 Å². The Morgan fingerprint density at radius 1 is 0.388 bits per heavy atom. The normalized spacial score (nSPS) is 15.5. The lowest BCUT2D eigenvalue weighted by Gasteiger charge is -2.25. The molecule has 0 saturated carbocycles. The van der Waals surface area contributed by atoms with Gasteiger partial charge >= 0.3 is 17.8 Å². The summed E-state index contributed by atoms with van der Waals surface area (Å²) in [5.41, 5.74) is 0.333. The van der Waals surface area contributed by atoms with E-state index in [1.54, 1.807) is 14.2 Å². The number of aryl methyl sites for hydroxylation is 6. The Bertz CT molecular complexity index is 2450. The van der Waals surface area contributed by atoms with Crippen molar-refractivity contribution in [1.82, 2.24) is 0 Å². The topological polar surface area (TPSA) is 55.4 Å². The summed E-state index contributed by atoms with van der Waals surface area (Å²) in [4.78, 5) is 7.74. The Labute approximate surface area is 412 Å². The molecule has 0 spiro atoms. The molecule has 6 aromatic heterocycles. The van der Waals surface area contributed by atoms with Crippen LogP contribution >= 0.6 is 68.0 Å². The maximum atomic E-state index is 17.0. The molecule has 18 heteroatoms. The summed E-state index contributed by atoms with van der Waals surface area (Å²) < 4.78 is 133. The molecule has 0 aliphatic heterocycles.